The number of sulfone groups is 1. The predicted molar refractivity (Wildman–Crippen MR) is 73.6 cm³/mol. The third kappa shape index (κ3) is 3.67. The number of hydrogen-bond donors (Lipinski definition) is 1. The van der Waals surface area contributed by atoms with E-state index in [4.69, 9.17) is 11.6 Å². The van der Waals surface area contributed by atoms with Gasteiger partial charge >= 0.3 is 0 Å². The minimum absolute atomic E-state index is 0.111. The Kier molecular flexibility index (Phi) is 4.17. The summed E-state index contributed by atoms with van der Waals surface area (Å²) < 4.78 is 36.3. The number of carbonyl (C=O) groups excluding carboxylic acids is 1. The molecule has 0 bridgehead atoms. The van der Waals surface area contributed by atoms with Gasteiger partial charge in [-0.15, -0.1) is 11.6 Å². The van der Waals surface area contributed by atoms with Gasteiger partial charge in [0.05, 0.1) is 22.9 Å². The van der Waals surface area contributed by atoms with Crippen molar-refractivity contribution in [2.24, 2.45) is 0 Å². The predicted octanol–water partition coefficient (Wildman–Crippen LogP) is 1.72. The van der Waals surface area contributed by atoms with Crippen molar-refractivity contribution >= 4 is 43.3 Å². The van der Waals surface area contributed by atoms with E-state index in [1.807, 2.05) is 0 Å². The molecule has 0 saturated carbocycles. The van der Waals surface area contributed by atoms with E-state index in [0.717, 1.165) is 6.07 Å². The van der Waals surface area contributed by atoms with E-state index in [-0.39, 0.29) is 17.1 Å². The van der Waals surface area contributed by atoms with Gasteiger partial charge in [-0.25, -0.2) is 12.8 Å². The summed E-state index contributed by atoms with van der Waals surface area (Å²) in [6.07, 6.45) is 0. The van der Waals surface area contributed by atoms with Gasteiger partial charge in [0.15, 0.2) is 9.84 Å². The molecule has 4 nitrogen and oxygen atoms in total. The van der Waals surface area contributed by atoms with Crippen molar-refractivity contribution in [1.29, 1.82) is 0 Å². The Morgan fingerprint density at radius 3 is 2.58 bits per heavy atom. The Balaban J connectivity index is 2.13. The lowest BCUT2D eigenvalue weighted by Crippen LogP contribution is -2.40. The van der Waals surface area contributed by atoms with Crippen LogP contribution in [0.15, 0.2) is 22.7 Å². The average Bonchev–Trinajstić information content (AvgIpc) is 2.50. The Morgan fingerprint density at radius 1 is 1.37 bits per heavy atom. The Bertz CT molecular complexity index is 602. The van der Waals surface area contributed by atoms with Gasteiger partial charge < -0.3 is 5.32 Å². The summed E-state index contributed by atoms with van der Waals surface area (Å²) in [7, 11) is -3.22. The zero-order valence-corrected chi connectivity index (χ0v) is 12.7. The number of alkyl halides is 1. The SMILES string of the molecule is O=C(NC1CS(=O)(=O)CC1Cl)c1cc(F)cc(Br)c1. The molecular formula is C11H10BrClFNO3S. The van der Waals surface area contributed by atoms with Crippen molar-refractivity contribution in [1.82, 2.24) is 5.32 Å². The molecule has 1 fully saturated rings. The molecule has 2 unspecified atom stereocenters. The first-order valence-corrected chi connectivity index (χ1v) is 8.43. The first kappa shape index (κ1) is 14.7. The first-order chi connectivity index (χ1) is 8.77. The van der Waals surface area contributed by atoms with E-state index in [2.05, 4.69) is 21.2 Å². The van der Waals surface area contributed by atoms with E-state index < -0.39 is 33.0 Å². The summed E-state index contributed by atoms with van der Waals surface area (Å²) >= 11 is 8.96. The van der Waals surface area contributed by atoms with Crippen molar-refractivity contribution < 1.29 is 17.6 Å². The maximum Gasteiger partial charge on any atom is 0.251 e. The molecule has 0 spiro atoms. The van der Waals surface area contributed by atoms with Gasteiger partial charge in [0.25, 0.3) is 5.91 Å². The molecule has 104 valence electrons. The normalized spacial score (nSPS) is 25.2. The zero-order chi connectivity index (χ0) is 14.2. The van der Waals surface area contributed by atoms with Crippen molar-refractivity contribution in [2.75, 3.05) is 11.5 Å². The number of amides is 1. The molecule has 2 atom stereocenters. The second kappa shape index (κ2) is 5.38. The van der Waals surface area contributed by atoms with Gasteiger partial charge in [0, 0.05) is 10.0 Å². The van der Waals surface area contributed by atoms with E-state index in [1.54, 1.807) is 0 Å². The molecule has 1 aliphatic heterocycles. The van der Waals surface area contributed by atoms with Gasteiger partial charge in [-0.1, -0.05) is 15.9 Å². The van der Waals surface area contributed by atoms with Gasteiger partial charge in [-0.3, -0.25) is 4.79 Å². The fourth-order valence-electron chi connectivity index (χ4n) is 1.87. The smallest absolute Gasteiger partial charge is 0.251 e. The van der Waals surface area contributed by atoms with Crippen LogP contribution in [0.1, 0.15) is 10.4 Å². The minimum atomic E-state index is -3.22. The average molecular weight is 371 g/mol. The largest absolute Gasteiger partial charge is 0.347 e. The van der Waals surface area contributed by atoms with Crippen molar-refractivity contribution in [3.63, 3.8) is 0 Å². The molecule has 1 aromatic carbocycles. The van der Waals surface area contributed by atoms with Gasteiger partial charge in [-0.05, 0) is 18.2 Å². The highest BCUT2D eigenvalue weighted by Crippen LogP contribution is 2.19. The highest BCUT2D eigenvalue weighted by atomic mass is 79.9. The number of hydrogen-bond acceptors (Lipinski definition) is 3. The molecule has 1 aliphatic rings. The van der Waals surface area contributed by atoms with Crippen LogP contribution < -0.4 is 5.32 Å². The van der Waals surface area contributed by atoms with Crippen LogP contribution in [0.4, 0.5) is 4.39 Å². The molecule has 1 amide bonds. The summed E-state index contributed by atoms with van der Waals surface area (Å²) in [5.74, 6) is -1.45. The quantitative estimate of drug-likeness (QED) is 0.806. The van der Waals surface area contributed by atoms with Crippen LogP contribution in [0.3, 0.4) is 0 Å². The lowest BCUT2D eigenvalue weighted by Gasteiger charge is -2.14. The number of carbonyl (C=O) groups is 1. The third-order valence-electron chi connectivity index (χ3n) is 2.72. The number of benzene rings is 1. The van der Waals surface area contributed by atoms with Crippen LogP contribution in [0.5, 0.6) is 0 Å². The van der Waals surface area contributed by atoms with Crippen LogP contribution in [-0.2, 0) is 9.84 Å². The van der Waals surface area contributed by atoms with Crippen LogP contribution in [-0.4, -0.2) is 37.2 Å². The lowest BCUT2D eigenvalue weighted by atomic mass is 10.2. The van der Waals surface area contributed by atoms with E-state index in [0.29, 0.717) is 4.47 Å². The molecule has 8 heteroatoms. The first-order valence-electron chi connectivity index (χ1n) is 5.38. The number of halogens is 3. The van der Waals surface area contributed by atoms with Gasteiger partial charge in [-0.2, -0.15) is 0 Å². The Morgan fingerprint density at radius 2 is 2.05 bits per heavy atom. The molecule has 1 saturated heterocycles. The van der Waals surface area contributed by atoms with Gasteiger partial charge in [0.2, 0.25) is 0 Å². The fraction of sp³-hybridized carbons (Fsp3) is 0.364. The molecule has 0 aromatic heterocycles. The minimum Gasteiger partial charge on any atom is -0.347 e. The summed E-state index contributed by atoms with van der Waals surface area (Å²) in [5.41, 5.74) is 0.111. The molecular weight excluding hydrogens is 361 g/mol. The topological polar surface area (TPSA) is 63.2 Å². The molecule has 0 radical (unpaired) electrons. The van der Waals surface area contributed by atoms with Crippen molar-refractivity contribution in [3.8, 4) is 0 Å². The Labute approximate surface area is 123 Å². The van der Waals surface area contributed by atoms with E-state index >= 15 is 0 Å². The monoisotopic (exact) mass is 369 g/mol. The van der Waals surface area contributed by atoms with Crippen LogP contribution in [0, 0.1) is 5.82 Å². The van der Waals surface area contributed by atoms with Crippen molar-refractivity contribution in [2.45, 2.75) is 11.4 Å². The summed E-state index contributed by atoms with van der Waals surface area (Å²) in [4.78, 5) is 11.9. The molecule has 2 rings (SSSR count). The van der Waals surface area contributed by atoms with Crippen LogP contribution in [0.2, 0.25) is 0 Å². The fourth-order valence-corrected chi connectivity index (χ4v) is 4.89. The highest BCUT2D eigenvalue weighted by Gasteiger charge is 2.37. The molecule has 1 N–H and O–H groups in total. The molecule has 0 aliphatic carbocycles. The lowest BCUT2D eigenvalue weighted by molar-refractivity contribution is 0.0941. The molecule has 1 aromatic rings. The second-order valence-electron chi connectivity index (χ2n) is 4.33. The van der Waals surface area contributed by atoms with E-state index in [9.17, 15) is 17.6 Å². The maximum atomic E-state index is 13.2. The number of nitrogens with one attached hydrogen (secondary N) is 1. The summed E-state index contributed by atoms with van der Waals surface area (Å²) in [6.45, 7) is 0. The van der Waals surface area contributed by atoms with Crippen LogP contribution in [0.25, 0.3) is 0 Å². The van der Waals surface area contributed by atoms with Crippen molar-refractivity contribution in [3.05, 3.63) is 34.1 Å². The molecule has 1 heterocycles. The third-order valence-corrected chi connectivity index (χ3v) is 5.56. The summed E-state index contributed by atoms with van der Waals surface area (Å²) in [6, 6.07) is 3.10. The molecule has 19 heavy (non-hydrogen) atoms. The van der Waals surface area contributed by atoms with Gasteiger partial charge in [0.1, 0.15) is 5.82 Å². The Hall–Kier alpha value is -0.660. The number of rotatable bonds is 2. The highest BCUT2D eigenvalue weighted by molar-refractivity contribution is 9.10. The standard InChI is InChI=1S/C11H10BrClFNO3S/c12-7-1-6(2-8(14)3-7)11(16)15-10-5-19(17,18)4-9(10)13/h1-3,9-10H,4-5H2,(H,15,16). The second-order valence-corrected chi connectivity index (χ2v) is 7.96. The zero-order valence-electron chi connectivity index (χ0n) is 9.57. The van der Waals surface area contributed by atoms with Crippen LogP contribution >= 0.6 is 27.5 Å². The van der Waals surface area contributed by atoms with E-state index in [1.165, 1.54) is 12.1 Å². The maximum absolute atomic E-state index is 13.2. The summed E-state index contributed by atoms with van der Waals surface area (Å²) in [5, 5.41) is 1.86.